The maximum absolute atomic E-state index is 4.83. The standard InChI is InChI=1S/C21H18N10/c1-11-9-31(10-25-11)21-19-14(4-5-22-21)26-20(27-19)18-13-6-15(24-7-16(13)28-29-18)17-8-23-12(2)30(17)3/h4-10H,1-3H3,(H,26,27)(H,28,29). The Labute approximate surface area is 176 Å². The molecule has 0 atom stereocenters. The van der Waals surface area contributed by atoms with E-state index in [4.69, 9.17) is 4.98 Å². The van der Waals surface area contributed by atoms with Crippen molar-refractivity contribution in [2.45, 2.75) is 13.8 Å². The average Bonchev–Trinajstić information content (AvgIpc) is 3.54. The molecule has 10 heteroatoms. The van der Waals surface area contributed by atoms with Crippen molar-refractivity contribution in [1.82, 2.24) is 49.2 Å². The van der Waals surface area contributed by atoms with Crippen molar-refractivity contribution in [1.29, 1.82) is 0 Å². The minimum absolute atomic E-state index is 0.658. The van der Waals surface area contributed by atoms with Gasteiger partial charge >= 0.3 is 0 Å². The topological polar surface area (TPSA) is 119 Å². The molecule has 0 amide bonds. The molecule has 31 heavy (non-hydrogen) atoms. The second-order valence-corrected chi connectivity index (χ2v) is 7.48. The zero-order chi connectivity index (χ0) is 21.1. The molecular formula is C21H18N10. The van der Waals surface area contributed by atoms with E-state index in [0.29, 0.717) is 11.6 Å². The Morgan fingerprint density at radius 3 is 2.68 bits per heavy atom. The first-order chi connectivity index (χ1) is 15.1. The third-order valence-electron chi connectivity index (χ3n) is 5.49. The van der Waals surface area contributed by atoms with Gasteiger partial charge in [-0.25, -0.2) is 19.9 Å². The highest BCUT2D eigenvalue weighted by molar-refractivity contribution is 5.95. The Hall–Kier alpha value is -4.34. The first kappa shape index (κ1) is 17.5. The lowest BCUT2D eigenvalue weighted by Crippen LogP contribution is -1.95. The van der Waals surface area contributed by atoms with E-state index in [0.717, 1.165) is 50.5 Å². The predicted molar refractivity (Wildman–Crippen MR) is 116 cm³/mol. The minimum Gasteiger partial charge on any atom is -0.336 e. The zero-order valence-corrected chi connectivity index (χ0v) is 17.1. The fourth-order valence-corrected chi connectivity index (χ4v) is 3.74. The van der Waals surface area contributed by atoms with Gasteiger partial charge in [-0.2, -0.15) is 5.10 Å². The largest absolute Gasteiger partial charge is 0.336 e. The van der Waals surface area contributed by atoms with E-state index in [1.165, 1.54) is 0 Å². The lowest BCUT2D eigenvalue weighted by atomic mass is 10.2. The molecule has 0 aliphatic rings. The van der Waals surface area contributed by atoms with Crippen LogP contribution in [0.1, 0.15) is 11.5 Å². The van der Waals surface area contributed by atoms with E-state index < -0.39 is 0 Å². The summed E-state index contributed by atoms with van der Waals surface area (Å²) in [5.41, 5.74) is 5.87. The summed E-state index contributed by atoms with van der Waals surface area (Å²) in [5, 5.41) is 8.49. The van der Waals surface area contributed by atoms with Crippen LogP contribution in [-0.4, -0.2) is 49.2 Å². The highest BCUT2D eigenvalue weighted by Crippen LogP contribution is 2.30. The van der Waals surface area contributed by atoms with Gasteiger partial charge in [-0.1, -0.05) is 0 Å². The number of aromatic amines is 2. The molecule has 6 heterocycles. The van der Waals surface area contributed by atoms with Crippen LogP contribution >= 0.6 is 0 Å². The van der Waals surface area contributed by atoms with Gasteiger partial charge in [0.05, 0.1) is 40.5 Å². The number of fused-ring (bicyclic) bond motifs is 2. The van der Waals surface area contributed by atoms with Crippen molar-refractivity contribution >= 4 is 21.9 Å². The third kappa shape index (κ3) is 2.65. The number of aryl methyl sites for hydroxylation is 2. The number of hydrogen-bond donors (Lipinski definition) is 2. The number of pyridine rings is 2. The van der Waals surface area contributed by atoms with Crippen molar-refractivity contribution in [3.05, 3.63) is 54.8 Å². The van der Waals surface area contributed by atoms with Crippen molar-refractivity contribution in [2.75, 3.05) is 0 Å². The molecule has 10 nitrogen and oxygen atoms in total. The molecule has 0 saturated carbocycles. The molecule has 2 N–H and O–H groups in total. The van der Waals surface area contributed by atoms with Crippen LogP contribution in [0.2, 0.25) is 0 Å². The first-order valence-electron chi connectivity index (χ1n) is 9.77. The smallest absolute Gasteiger partial charge is 0.166 e. The van der Waals surface area contributed by atoms with E-state index in [-0.39, 0.29) is 0 Å². The molecular weight excluding hydrogens is 392 g/mol. The lowest BCUT2D eigenvalue weighted by Gasteiger charge is -2.03. The third-order valence-corrected chi connectivity index (χ3v) is 5.49. The summed E-state index contributed by atoms with van der Waals surface area (Å²) in [6, 6.07) is 3.91. The number of imidazole rings is 3. The van der Waals surface area contributed by atoms with Crippen molar-refractivity contribution in [3.8, 4) is 28.7 Å². The van der Waals surface area contributed by atoms with E-state index in [9.17, 15) is 0 Å². The number of rotatable bonds is 3. The van der Waals surface area contributed by atoms with Crippen LogP contribution in [0.4, 0.5) is 0 Å². The Morgan fingerprint density at radius 1 is 1.00 bits per heavy atom. The number of H-pyrrole nitrogens is 2. The van der Waals surface area contributed by atoms with E-state index in [1.54, 1.807) is 18.7 Å². The molecule has 0 radical (unpaired) electrons. The van der Waals surface area contributed by atoms with Gasteiger partial charge in [-0.15, -0.1) is 0 Å². The quantitative estimate of drug-likeness (QED) is 0.463. The molecule has 152 valence electrons. The Bertz CT molecular complexity index is 1580. The van der Waals surface area contributed by atoms with Gasteiger partial charge < -0.3 is 9.55 Å². The number of nitrogens with zero attached hydrogens (tertiary/aromatic N) is 8. The fraction of sp³-hybridized carbons (Fsp3) is 0.143. The molecule has 6 aromatic heterocycles. The Kier molecular flexibility index (Phi) is 3.57. The zero-order valence-electron chi connectivity index (χ0n) is 17.1. The maximum atomic E-state index is 4.83. The molecule has 0 aromatic carbocycles. The van der Waals surface area contributed by atoms with Crippen molar-refractivity contribution in [2.24, 2.45) is 7.05 Å². The van der Waals surface area contributed by atoms with Crippen LogP contribution < -0.4 is 0 Å². The van der Waals surface area contributed by atoms with Crippen LogP contribution in [0.15, 0.2) is 43.2 Å². The molecule has 0 aliphatic heterocycles. The second-order valence-electron chi connectivity index (χ2n) is 7.48. The van der Waals surface area contributed by atoms with Gasteiger partial charge in [0.2, 0.25) is 0 Å². The van der Waals surface area contributed by atoms with Gasteiger partial charge in [0, 0.05) is 24.8 Å². The highest BCUT2D eigenvalue weighted by atomic mass is 15.2. The van der Waals surface area contributed by atoms with Crippen LogP contribution in [0.5, 0.6) is 0 Å². The van der Waals surface area contributed by atoms with Crippen LogP contribution in [-0.2, 0) is 7.05 Å². The summed E-state index contributed by atoms with van der Waals surface area (Å²) < 4.78 is 3.89. The normalized spacial score (nSPS) is 11.7. The fourth-order valence-electron chi connectivity index (χ4n) is 3.74. The van der Waals surface area contributed by atoms with Gasteiger partial charge in [0.15, 0.2) is 11.6 Å². The summed E-state index contributed by atoms with van der Waals surface area (Å²) >= 11 is 0. The molecule has 0 aliphatic carbocycles. The summed E-state index contributed by atoms with van der Waals surface area (Å²) in [7, 11) is 1.98. The average molecular weight is 410 g/mol. The Balaban J connectivity index is 1.52. The number of nitrogens with one attached hydrogen (secondary N) is 2. The lowest BCUT2D eigenvalue weighted by molar-refractivity contribution is 0.862. The van der Waals surface area contributed by atoms with Gasteiger partial charge in [0.1, 0.15) is 23.4 Å². The molecule has 0 spiro atoms. The molecule has 0 unspecified atom stereocenters. The molecule has 0 fully saturated rings. The van der Waals surface area contributed by atoms with E-state index in [1.807, 2.05) is 54.6 Å². The van der Waals surface area contributed by atoms with Crippen LogP contribution in [0, 0.1) is 13.8 Å². The monoisotopic (exact) mass is 410 g/mol. The Morgan fingerprint density at radius 2 is 1.90 bits per heavy atom. The summed E-state index contributed by atoms with van der Waals surface area (Å²) in [6.07, 6.45) is 9.03. The summed E-state index contributed by atoms with van der Waals surface area (Å²) in [6.45, 7) is 3.91. The SMILES string of the molecule is Cc1cn(-c2nccc3[nH]c(-c4n[nH]c5cnc(-c6cnc(C)n6C)cc45)nc23)cn1. The highest BCUT2D eigenvalue weighted by Gasteiger charge is 2.17. The molecule has 0 bridgehead atoms. The summed E-state index contributed by atoms with van der Waals surface area (Å²) in [4.78, 5) is 26.0. The molecule has 0 saturated heterocycles. The molecule has 6 rings (SSSR count). The van der Waals surface area contributed by atoms with E-state index >= 15 is 0 Å². The number of aromatic nitrogens is 10. The minimum atomic E-state index is 0.658. The predicted octanol–water partition coefficient (Wildman–Crippen LogP) is 3.10. The summed E-state index contributed by atoms with van der Waals surface area (Å²) in [5.74, 6) is 2.30. The molecule has 6 aromatic rings. The van der Waals surface area contributed by atoms with Crippen LogP contribution in [0.25, 0.3) is 50.7 Å². The first-order valence-corrected chi connectivity index (χ1v) is 9.77. The maximum Gasteiger partial charge on any atom is 0.166 e. The van der Waals surface area contributed by atoms with E-state index in [2.05, 4.69) is 35.1 Å². The van der Waals surface area contributed by atoms with Crippen LogP contribution in [0.3, 0.4) is 0 Å². The van der Waals surface area contributed by atoms with Gasteiger partial charge in [-0.05, 0) is 26.0 Å². The van der Waals surface area contributed by atoms with Gasteiger partial charge in [-0.3, -0.25) is 14.6 Å². The second kappa shape index (κ2) is 6.33. The van der Waals surface area contributed by atoms with Gasteiger partial charge in [0.25, 0.3) is 0 Å². The van der Waals surface area contributed by atoms with Crippen molar-refractivity contribution in [3.63, 3.8) is 0 Å². The number of hydrogen-bond acceptors (Lipinski definition) is 6. The van der Waals surface area contributed by atoms with Crippen molar-refractivity contribution < 1.29 is 0 Å².